The van der Waals surface area contributed by atoms with Crippen molar-refractivity contribution in [2.75, 3.05) is 0 Å². The Morgan fingerprint density at radius 1 is 1.25 bits per heavy atom. The van der Waals surface area contributed by atoms with Crippen LogP contribution in [0.15, 0.2) is 36.7 Å². The Bertz CT molecular complexity index is 457. The maximum Gasteiger partial charge on any atom is 0.161 e. The molecule has 0 atom stereocenters. The van der Waals surface area contributed by atoms with Crippen LogP contribution in [0.4, 0.5) is 4.39 Å². The quantitative estimate of drug-likeness (QED) is 0.773. The highest BCUT2D eigenvalue weighted by Gasteiger charge is 2.01. The molecule has 0 aliphatic rings. The molecule has 2 rings (SSSR count). The fraction of sp³-hybridized carbons (Fsp3) is 0.308. The molecule has 3 heteroatoms. The van der Waals surface area contributed by atoms with E-state index in [9.17, 15) is 4.39 Å². The van der Waals surface area contributed by atoms with Crippen LogP contribution < -0.4 is 0 Å². The minimum Gasteiger partial charge on any atom is -0.238 e. The average Bonchev–Trinajstić information content (AvgIpc) is 2.65. The van der Waals surface area contributed by atoms with Gasteiger partial charge in [-0.15, -0.1) is 0 Å². The van der Waals surface area contributed by atoms with Crippen LogP contribution in [0, 0.1) is 11.7 Å². The van der Waals surface area contributed by atoms with E-state index in [1.165, 1.54) is 22.6 Å². The monoisotopic (exact) mass is 218 g/mol. The van der Waals surface area contributed by atoms with Crippen LogP contribution in [0.5, 0.6) is 0 Å². The molecule has 1 aromatic carbocycles. The number of hydrogen-bond donors (Lipinski definition) is 0. The molecule has 0 N–H and O–H groups in total. The van der Waals surface area contributed by atoms with E-state index in [1.54, 1.807) is 0 Å². The summed E-state index contributed by atoms with van der Waals surface area (Å²) in [7, 11) is 0. The molecule has 2 aromatic rings. The van der Waals surface area contributed by atoms with Gasteiger partial charge in [-0.2, -0.15) is 5.10 Å². The van der Waals surface area contributed by atoms with Crippen LogP contribution in [0.3, 0.4) is 0 Å². The van der Waals surface area contributed by atoms with Gasteiger partial charge in [0.05, 0.1) is 18.1 Å². The molecule has 1 heterocycles. The predicted octanol–water partition coefficient (Wildman–Crippen LogP) is 3.21. The minimum atomic E-state index is -0.314. The first kappa shape index (κ1) is 10.9. The predicted molar refractivity (Wildman–Crippen MR) is 62.1 cm³/mol. The standard InChI is InChI=1S/C13H15FN2/c1-10(2)7-11-3-5-13(6-4-11)16-9-12(14)8-15-16/h3-6,8-10H,7H2,1-2H3. The molecule has 16 heavy (non-hydrogen) atoms. The molecule has 0 spiro atoms. The Morgan fingerprint density at radius 3 is 2.44 bits per heavy atom. The van der Waals surface area contributed by atoms with Crippen LogP contribution >= 0.6 is 0 Å². The molecule has 0 fully saturated rings. The van der Waals surface area contributed by atoms with Gasteiger partial charge in [0, 0.05) is 0 Å². The Labute approximate surface area is 94.7 Å². The smallest absolute Gasteiger partial charge is 0.161 e. The van der Waals surface area contributed by atoms with Crippen molar-refractivity contribution in [3.63, 3.8) is 0 Å². The highest BCUT2D eigenvalue weighted by molar-refractivity contribution is 5.33. The molecule has 0 radical (unpaired) electrons. The van der Waals surface area contributed by atoms with Crippen molar-refractivity contribution in [3.05, 3.63) is 48.0 Å². The summed E-state index contributed by atoms with van der Waals surface area (Å²) < 4.78 is 14.3. The summed E-state index contributed by atoms with van der Waals surface area (Å²) in [5.41, 5.74) is 2.18. The number of aromatic nitrogens is 2. The van der Waals surface area contributed by atoms with E-state index in [2.05, 4.69) is 31.1 Å². The summed E-state index contributed by atoms with van der Waals surface area (Å²) in [5, 5.41) is 3.92. The number of nitrogens with zero attached hydrogens (tertiary/aromatic N) is 2. The molecular weight excluding hydrogens is 203 g/mol. The third-order valence-corrected chi connectivity index (χ3v) is 2.40. The largest absolute Gasteiger partial charge is 0.238 e. The van der Waals surface area contributed by atoms with Gasteiger partial charge in [-0.25, -0.2) is 9.07 Å². The van der Waals surface area contributed by atoms with Crippen molar-refractivity contribution in [1.82, 2.24) is 9.78 Å². The van der Waals surface area contributed by atoms with Crippen molar-refractivity contribution >= 4 is 0 Å². The van der Waals surface area contributed by atoms with Gasteiger partial charge in [0.25, 0.3) is 0 Å². The number of halogens is 1. The molecule has 84 valence electrons. The van der Waals surface area contributed by atoms with E-state index in [0.29, 0.717) is 5.92 Å². The summed E-state index contributed by atoms with van der Waals surface area (Å²) in [6, 6.07) is 8.05. The van der Waals surface area contributed by atoms with Gasteiger partial charge in [-0.1, -0.05) is 26.0 Å². The SMILES string of the molecule is CC(C)Cc1ccc(-n2cc(F)cn2)cc1. The van der Waals surface area contributed by atoms with Gasteiger partial charge >= 0.3 is 0 Å². The van der Waals surface area contributed by atoms with Gasteiger partial charge in [0.2, 0.25) is 0 Å². The molecule has 0 unspecified atom stereocenters. The molecule has 0 amide bonds. The average molecular weight is 218 g/mol. The van der Waals surface area contributed by atoms with Crippen molar-refractivity contribution in [2.45, 2.75) is 20.3 Å². The van der Waals surface area contributed by atoms with E-state index < -0.39 is 0 Å². The first-order chi connectivity index (χ1) is 7.65. The van der Waals surface area contributed by atoms with Crippen molar-refractivity contribution in [1.29, 1.82) is 0 Å². The molecule has 0 aliphatic carbocycles. The lowest BCUT2D eigenvalue weighted by Gasteiger charge is -2.06. The zero-order valence-corrected chi connectivity index (χ0v) is 9.52. The summed E-state index contributed by atoms with van der Waals surface area (Å²) >= 11 is 0. The van der Waals surface area contributed by atoms with Crippen molar-refractivity contribution < 1.29 is 4.39 Å². The Morgan fingerprint density at radius 2 is 1.94 bits per heavy atom. The Hall–Kier alpha value is -1.64. The fourth-order valence-electron chi connectivity index (χ4n) is 1.70. The highest BCUT2D eigenvalue weighted by atomic mass is 19.1. The third kappa shape index (κ3) is 2.48. The number of hydrogen-bond acceptors (Lipinski definition) is 1. The van der Waals surface area contributed by atoms with E-state index >= 15 is 0 Å². The van der Waals surface area contributed by atoms with Crippen LogP contribution in [0.25, 0.3) is 5.69 Å². The molecule has 2 nitrogen and oxygen atoms in total. The van der Waals surface area contributed by atoms with E-state index in [4.69, 9.17) is 0 Å². The van der Waals surface area contributed by atoms with Gasteiger partial charge in [0.1, 0.15) is 0 Å². The summed E-state index contributed by atoms with van der Waals surface area (Å²) in [5.74, 6) is 0.333. The molecular formula is C13H15FN2. The zero-order chi connectivity index (χ0) is 11.5. The maximum atomic E-state index is 12.8. The minimum absolute atomic E-state index is 0.314. The molecule has 0 bridgehead atoms. The Balaban J connectivity index is 2.19. The van der Waals surface area contributed by atoms with Gasteiger partial charge in [-0.3, -0.25) is 0 Å². The number of benzene rings is 1. The first-order valence-corrected chi connectivity index (χ1v) is 5.44. The van der Waals surface area contributed by atoms with E-state index in [0.717, 1.165) is 12.1 Å². The highest BCUT2D eigenvalue weighted by Crippen LogP contribution is 2.12. The van der Waals surface area contributed by atoms with Crippen LogP contribution in [-0.4, -0.2) is 9.78 Å². The lowest BCUT2D eigenvalue weighted by atomic mass is 10.0. The fourth-order valence-corrected chi connectivity index (χ4v) is 1.70. The second-order valence-electron chi connectivity index (χ2n) is 4.37. The zero-order valence-electron chi connectivity index (χ0n) is 9.52. The van der Waals surface area contributed by atoms with E-state index in [1.807, 2.05) is 12.1 Å². The van der Waals surface area contributed by atoms with Crippen molar-refractivity contribution in [2.24, 2.45) is 5.92 Å². The van der Waals surface area contributed by atoms with E-state index in [-0.39, 0.29) is 5.82 Å². The lowest BCUT2D eigenvalue weighted by Crippen LogP contribution is -1.97. The van der Waals surface area contributed by atoms with Crippen LogP contribution in [0.2, 0.25) is 0 Å². The van der Waals surface area contributed by atoms with Crippen LogP contribution in [0.1, 0.15) is 19.4 Å². The summed E-state index contributed by atoms with van der Waals surface area (Å²) in [6.07, 6.45) is 3.65. The van der Waals surface area contributed by atoms with Crippen LogP contribution in [-0.2, 0) is 6.42 Å². The summed E-state index contributed by atoms with van der Waals surface area (Å²) in [4.78, 5) is 0. The molecule has 0 aliphatic heterocycles. The van der Waals surface area contributed by atoms with Gasteiger partial charge in [0.15, 0.2) is 5.82 Å². The molecule has 1 aromatic heterocycles. The maximum absolute atomic E-state index is 12.8. The Kier molecular flexibility index (Phi) is 3.04. The molecule has 0 saturated carbocycles. The topological polar surface area (TPSA) is 17.8 Å². The van der Waals surface area contributed by atoms with Gasteiger partial charge in [-0.05, 0) is 30.0 Å². The first-order valence-electron chi connectivity index (χ1n) is 5.44. The lowest BCUT2D eigenvalue weighted by molar-refractivity contribution is 0.627. The van der Waals surface area contributed by atoms with Crippen molar-refractivity contribution in [3.8, 4) is 5.69 Å². The third-order valence-electron chi connectivity index (χ3n) is 2.40. The second kappa shape index (κ2) is 4.47. The normalized spacial score (nSPS) is 11.0. The molecule has 0 saturated heterocycles. The van der Waals surface area contributed by atoms with Gasteiger partial charge < -0.3 is 0 Å². The number of rotatable bonds is 3. The summed E-state index contributed by atoms with van der Waals surface area (Å²) in [6.45, 7) is 4.38. The second-order valence-corrected chi connectivity index (χ2v) is 4.37.